The summed E-state index contributed by atoms with van der Waals surface area (Å²) in [7, 11) is 0. The number of amides is 1. The van der Waals surface area contributed by atoms with Gasteiger partial charge >= 0.3 is 0 Å². The highest BCUT2D eigenvalue weighted by Crippen LogP contribution is 2.29. The van der Waals surface area contributed by atoms with Gasteiger partial charge in [-0.1, -0.05) is 44.2 Å². The van der Waals surface area contributed by atoms with E-state index in [0.717, 1.165) is 44.7 Å². The molecule has 0 unspecified atom stereocenters. The zero-order chi connectivity index (χ0) is 22.8. The van der Waals surface area contributed by atoms with Crippen LogP contribution in [0.5, 0.6) is 11.5 Å². The Kier molecular flexibility index (Phi) is 6.04. The molecule has 32 heavy (non-hydrogen) atoms. The monoisotopic (exact) mass is 427 g/mol. The third kappa shape index (κ3) is 4.54. The number of fused-ring (bicyclic) bond motifs is 1. The van der Waals surface area contributed by atoms with Crippen molar-refractivity contribution < 1.29 is 13.9 Å². The van der Waals surface area contributed by atoms with E-state index >= 15 is 0 Å². The molecule has 164 valence electrons. The number of hydrogen-bond donors (Lipinski definition) is 1. The van der Waals surface area contributed by atoms with E-state index in [1.54, 1.807) is 0 Å². The minimum atomic E-state index is -0.207. The zero-order valence-corrected chi connectivity index (χ0v) is 19.3. The van der Waals surface area contributed by atoms with Crippen LogP contribution in [0.15, 0.2) is 65.1 Å². The SMILES string of the molecule is Cc1cc(C)c2c(C)c(C(=O)NCc3ccc(Oc4ccc(C(C)C)cc4)cc3)oc2c1. The summed E-state index contributed by atoms with van der Waals surface area (Å²) in [5.74, 6) is 2.23. The average molecular weight is 428 g/mol. The Morgan fingerprint density at radius 3 is 2.19 bits per heavy atom. The minimum Gasteiger partial charge on any atom is -0.457 e. The Morgan fingerprint density at radius 2 is 1.56 bits per heavy atom. The standard InChI is InChI=1S/C28H29NO3/c1-17(2)22-8-12-24(13-9-22)31-23-10-6-21(7-11-23)16-29-28(30)27-20(5)26-19(4)14-18(3)15-25(26)32-27/h6-15,17H,16H2,1-5H3,(H,29,30). The first-order valence-electron chi connectivity index (χ1n) is 11.0. The molecule has 0 atom stereocenters. The number of nitrogens with one attached hydrogen (secondary N) is 1. The van der Waals surface area contributed by atoms with E-state index < -0.39 is 0 Å². The van der Waals surface area contributed by atoms with Crippen molar-refractivity contribution >= 4 is 16.9 Å². The molecule has 1 N–H and O–H groups in total. The smallest absolute Gasteiger partial charge is 0.287 e. The van der Waals surface area contributed by atoms with Gasteiger partial charge in [-0.05, 0) is 79.3 Å². The fourth-order valence-electron chi connectivity index (χ4n) is 4.00. The third-order valence-corrected chi connectivity index (χ3v) is 5.74. The van der Waals surface area contributed by atoms with Crippen molar-refractivity contribution in [3.63, 3.8) is 0 Å². The summed E-state index contributed by atoms with van der Waals surface area (Å²) in [4.78, 5) is 12.8. The summed E-state index contributed by atoms with van der Waals surface area (Å²) in [6.07, 6.45) is 0. The largest absolute Gasteiger partial charge is 0.457 e. The van der Waals surface area contributed by atoms with Crippen LogP contribution in [-0.2, 0) is 6.54 Å². The number of benzene rings is 3. The van der Waals surface area contributed by atoms with E-state index in [1.165, 1.54) is 5.56 Å². The Hall–Kier alpha value is -3.53. The van der Waals surface area contributed by atoms with Crippen LogP contribution >= 0.6 is 0 Å². The molecule has 4 aromatic rings. The van der Waals surface area contributed by atoms with Gasteiger partial charge in [0.15, 0.2) is 5.76 Å². The molecule has 0 aliphatic carbocycles. The van der Waals surface area contributed by atoms with Gasteiger partial charge in [0.05, 0.1) is 0 Å². The molecule has 0 radical (unpaired) electrons. The molecule has 0 bridgehead atoms. The third-order valence-electron chi connectivity index (χ3n) is 5.74. The highest BCUT2D eigenvalue weighted by Gasteiger charge is 2.19. The van der Waals surface area contributed by atoms with Crippen molar-refractivity contribution in [1.82, 2.24) is 5.32 Å². The first-order valence-corrected chi connectivity index (χ1v) is 11.0. The van der Waals surface area contributed by atoms with Crippen molar-refractivity contribution in [2.45, 2.75) is 47.1 Å². The number of carbonyl (C=O) groups excluding carboxylic acids is 1. The van der Waals surface area contributed by atoms with E-state index in [9.17, 15) is 4.79 Å². The summed E-state index contributed by atoms with van der Waals surface area (Å²) in [6.45, 7) is 10.8. The second kappa shape index (κ2) is 8.91. The molecule has 0 saturated heterocycles. The number of ether oxygens (including phenoxy) is 1. The minimum absolute atomic E-state index is 0.207. The number of hydrogen-bond acceptors (Lipinski definition) is 3. The van der Waals surface area contributed by atoms with E-state index in [1.807, 2.05) is 63.2 Å². The van der Waals surface area contributed by atoms with E-state index in [4.69, 9.17) is 9.15 Å². The summed E-state index contributed by atoms with van der Waals surface area (Å²) < 4.78 is 11.8. The van der Waals surface area contributed by atoms with E-state index in [2.05, 4.69) is 37.4 Å². The van der Waals surface area contributed by atoms with Gasteiger partial charge in [-0.15, -0.1) is 0 Å². The summed E-state index contributed by atoms with van der Waals surface area (Å²) in [5.41, 5.74) is 6.15. The van der Waals surface area contributed by atoms with Crippen LogP contribution in [0.2, 0.25) is 0 Å². The number of furan rings is 1. The molecule has 4 nitrogen and oxygen atoms in total. The van der Waals surface area contributed by atoms with Crippen LogP contribution in [0.1, 0.15) is 58.1 Å². The summed E-state index contributed by atoms with van der Waals surface area (Å²) in [5, 5.41) is 3.98. The van der Waals surface area contributed by atoms with Crippen LogP contribution in [0.25, 0.3) is 11.0 Å². The van der Waals surface area contributed by atoms with Gasteiger partial charge in [-0.25, -0.2) is 0 Å². The van der Waals surface area contributed by atoms with Gasteiger partial charge in [0, 0.05) is 17.5 Å². The summed E-state index contributed by atoms with van der Waals surface area (Å²) in [6, 6.07) is 20.0. The van der Waals surface area contributed by atoms with Crippen LogP contribution < -0.4 is 10.1 Å². The molecular formula is C28H29NO3. The van der Waals surface area contributed by atoms with Crippen molar-refractivity contribution in [2.24, 2.45) is 0 Å². The molecule has 4 rings (SSSR count). The van der Waals surface area contributed by atoms with Gasteiger partial charge < -0.3 is 14.5 Å². The van der Waals surface area contributed by atoms with Gasteiger partial charge in [-0.3, -0.25) is 4.79 Å². The van der Waals surface area contributed by atoms with Gasteiger partial charge in [-0.2, -0.15) is 0 Å². The molecule has 0 aliphatic heterocycles. The van der Waals surface area contributed by atoms with Crippen LogP contribution in [0.4, 0.5) is 0 Å². The molecule has 1 amide bonds. The molecule has 0 fully saturated rings. The predicted molar refractivity (Wildman–Crippen MR) is 129 cm³/mol. The maximum Gasteiger partial charge on any atom is 0.287 e. The Bertz CT molecular complexity index is 1250. The average Bonchev–Trinajstić information content (AvgIpc) is 3.10. The van der Waals surface area contributed by atoms with Crippen LogP contribution in [0, 0.1) is 20.8 Å². The molecule has 1 aromatic heterocycles. The van der Waals surface area contributed by atoms with E-state index in [0.29, 0.717) is 18.2 Å². The molecule has 1 heterocycles. The normalized spacial score (nSPS) is 11.2. The first-order chi connectivity index (χ1) is 15.3. The molecule has 4 heteroatoms. The van der Waals surface area contributed by atoms with Gasteiger partial charge in [0.2, 0.25) is 0 Å². The first kappa shape index (κ1) is 21.7. The maximum atomic E-state index is 12.8. The Balaban J connectivity index is 1.40. The van der Waals surface area contributed by atoms with E-state index in [-0.39, 0.29) is 5.91 Å². The molecular weight excluding hydrogens is 398 g/mol. The lowest BCUT2D eigenvalue weighted by Gasteiger charge is -2.09. The second-order valence-corrected chi connectivity index (χ2v) is 8.66. The van der Waals surface area contributed by atoms with Crippen LogP contribution in [0.3, 0.4) is 0 Å². The van der Waals surface area contributed by atoms with Crippen molar-refractivity contribution in [1.29, 1.82) is 0 Å². The Labute approximate surface area is 189 Å². The summed E-state index contributed by atoms with van der Waals surface area (Å²) >= 11 is 0. The fourth-order valence-corrected chi connectivity index (χ4v) is 4.00. The van der Waals surface area contributed by atoms with Crippen molar-refractivity contribution in [3.8, 4) is 11.5 Å². The molecule has 0 saturated carbocycles. The fraction of sp³-hybridized carbons (Fsp3) is 0.250. The molecule has 0 aliphatic rings. The van der Waals surface area contributed by atoms with Gasteiger partial charge in [0.1, 0.15) is 17.1 Å². The topological polar surface area (TPSA) is 51.5 Å². The lowest BCUT2D eigenvalue weighted by atomic mass is 10.0. The second-order valence-electron chi connectivity index (χ2n) is 8.66. The van der Waals surface area contributed by atoms with Gasteiger partial charge in [0.25, 0.3) is 5.91 Å². The predicted octanol–water partition coefficient (Wildman–Crippen LogP) is 7.20. The van der Waals surface area contributed by atoms with Crippen LogP contribution in [-0.4, -0.2) is 5.91 Å². The highest BCUT2D eigenvalue weighted by molar-refractivity contribution is 5.99. The van der Waals surface area contributed by atoms with Crippen molar-refractivity contribution in [3.05, 3.63) is 94.2 Å². The van der Waals surface area contributed by atoms with Crippen molar-refractivity contribution in [2.75, 3.05) is 0 Å². The number of aryl methyl sites for hydroxylation is 3. The quantitative estimate of drug-likeness (QED) is 0.354. The lowest BCUT2D eigenvalue weighted by Crippen LogP contribution is -2.22. The molecule has 0 spiro atoms. The Morgan fingerprint density at radius 1 is 0.938 bits per heavy atom. The number of carbonyl (C=O) groups is 1. The lowest BCUT2D eigenvalue weighted by molar-refractivity contribution is 0.0924. The number of rotatable bonds is 6. The zero-order valence-electron chi connectivity index (χ0n) is 19.3. The maximum absolute atomic E-state index is 12.8. The highest BCUT2D eigenvalue weighted by atomic mass is 16.5. The molecule has 3 aromatic carbocycles.